The summed E-state index contributed by atoms with van der Waals surface area (Å²) < 4.78 is 13.7. The van der Waals surface area contributed by atoms with Crippen LogP contribution in [0, 0.1) is 6.92 Å². The maximum atomic E-state index is 6.25. The summed E-state index contributed by atoms with van der Waals surface area (Å²) in [4.78, 5) is 0. The molecule has 0 N–H and O–H groups in total. The van der Waals surface area contributed by atoms with Crippen LogP contribution in [0.3, 0.4) is 0 Å². The summed E-state index contributed by atoms with van der Waals surface area (Å²) in [6, 6.07) is 5.57. The third kappa shape index (κ3) is 3.10. The molecule has 0 aliphatic heterocycles. The number of hydrogen-bond donors (Lipinski definition) is 0. The van der Waals surface area contributed by atoms with Gasteiger partial charge in [0.15, 0.2) is 0 Å². The quantitative estimate of drug-likeness (QED) is 0.802. The first kappa shape index (κ1) is 15.2. The molecule has 0 fully saturated rings. The Morgan fingerprint density at radius 3 is 2.75 bits per heavy atom. The van der Waals surface area contributed by atoms with E-state index in [2.05, 4.69) is 21.0 Å². The van der Waals surface area contributed by atoms with Crippen LogP contribution in [0.5, 0.6) is 11.5 Å². The van der Waals surface area contributed by atoms with Crippen molar-refractivity contribution in [1.82, 2.24) is 9.78 Å². The van der Waals surface area contributed by atoms with E-state index in [9.17, 15) is 0 Å². The van der Waals surface area contributed by atoms with E-state index >= 15 is 0 Å². The molecule has 2 rings (SSSR count). The van der Waals surface area contributed by atoms with Crippen LogP contribution in [0.1, 0.15) is 18.3 Å². The Bertz CT molecular complexity index is 613. The largest absolute Gasteiger partial charge is 0.497 e. The summed E-state index contributed by atoms with van der Waals surface area (Å²) in [6.07, 6.45) is 0. The van der Waals surface area contributed by atoms with Crippen molar-refractivity contribution in [3.05, 3.63) is 39.1 Å². The van der Waals surface area contributed by atoms with Gasteiger partial charge in [-0.25, -0.2) is 0 Å². The molecule has 0 aliphatic rings. The SMILES string of the molecule is CCn1nc(C)c(Cl)c1COc1ccc(OC)cc1Br. The van der Waals surface area contributed by atoms with Gasteiger partial charge in [0, 0.05) is 6.54 Å². The second-order valence-electron chi connectivity index (χ2n) is 4.25. The first-order valence-corrected chi connectivity index (χ1v) is 7.42. The number of ether oxygens (including phenoxy) is 2. The molecule has 0 saturated carbocycles. The fourth-order valence-corrected chi connectivity index (χ4v) is 2.54. The molecule has 0 spiro atoms. The van der Waals surface area contributed by atoms with Gasteiger partial charge in [0.25, 0.3) is 0 Å². The van der Waals surface area contributed by atoms with Gasteiger partial charge in [0.1, 0.15) is 18.1 Å². The molecular formula is C14H16BrClN2O2. The summed E-state index contributed by atoms with van der Waals surface area (Å²) in [5.41, 5.74) is 1.70. The molecule has 1 aromatic carbocycles. The lowest BCUT2D eigenvalue weighted by Gasteiger charge is -2.10. The highest BCUT2D eigenvalue weighted by atomic mass is 79.9. The first-order valence-electron chi connectivity index (χ1n) is 6.25. The third-order valence-corrected chi connectivity index (χ3v) is 4.07. The highest BCUT2D eigenvalue weighted by molar-refractivity contribution is 9.10. The summed E-state index contributed by atoms with van der Waals surface area (Å²) in [5, 5.41) is 5.03. The third-order valence-electron chi connectivity index (χ3n) is 2.96. The Kier molecular flexibility index (Phi) is 4.94. The van der Waals surface area contributed by atoms with E-state index in [0.717, 1.165) is 33.9 Å². The van der Waals surface area contributed by atoms with E-state index in [1.165, 1.54) is 0 Å². The molecule has 0 atom stereocenters. The average Bonchev–Trinajstić information content (AvgIpc) is 2.73. The Labute approximate surface area is 131 Å². The van der Waals surface area contributed by atoms with E-state index < -0.39 is 0 Å². The van der Waals surface area contributed by atoms with E-state index in [0.29, 0.717) is 11.6 Å². The van der Waals surface area contributed by atoms with Crippen molar-refractivity contribution in [3.8, 4) is 11.5 Å². The van der Waals surface area contributed by atoms with Crippen molar-refractivity contribution in [2.75, 3.05) is 7.11 Å². The van der Waals surface area contributed by atoms with Gasteiger partial charge in [-0.15, -0.1) is 0 Å². The van der Waals surface area contributed by atoms with Gasteiger partial charge in [-0.2, -0.15) is 5.10 Å². The molecule has 0 aliphatic carbocycles. The molecule has 0 saturated heterocycles. The highest BCUT2D eigenvalue weighted by Crippen LogP contribution is 2.30. The van der Waals surface area contributed by atoms with Gasteiger partial charge in [-0.1, -0.05) is 11.6 Å². The van der Waals surface area contributed by atoms with Gasteiger partial charge in [0.05, 0.1) is 28.0 Å². The number of halogens is 2. The number of aromatic nitrogens is 2. The Balaban J connectivity index is 2.17. The molecule has 0 unspecified atom stereocenters. The molecule has 1 heterocycles. The summed E-state index contributed by atoms with van der Waals surface area (Å²) in [5.74, 6) is 1.51. The van der Waals surface area contributed by atoms with Crippen LogP contribution >= 0.6 is 27.5 Å². The van der Waals surface area contributed by atoms with E-state index in [1.807, 2.05) is 36.7 Å². The molecule has 0 amide bonds. The van der Waals surface area contributed by atoms with E-state index in [1.54, 1.807) is 7.11 Å². The number of rotatable bonds is 5. The van der Waals surface area contributed by atoms with E-state index in [4.69, 9.17) is 21.1 Å². The zero-order valence-corrected chi connectivity index (χ0v) is 14.0. The molecule has 0 bridgehead atoms. The van der Waals surface area contributed by atoms with Gasteiger partial charge in [-0.3, -0.25) is 4.68 Å². The lowest BCUT2D eigenvalue weighted by Crippen LogP contribution is -2.06. The lowest BCUT2D eigenvalue weighted by atomic mass is 10.3. The normalized spacial score (nSPS) is 10.7. The molecule has 6 heteroatoms. The fraction of sp³-hybridized carbons (Fsp3) is 0.357. The molecule has 2 aromatic rings. The standard InChI is InChI=1S/C14H16BrClN2O2/c1-4-18-12(14(16)9(2)17-18)8-20-13-6-5-10(19-3)7-11(13)15/h5-7H,4,8H2,1-3H3. The zero-order valence-electron chi connectivity index (χ0n) is 11.6. The number of methoxy groups -OCH3 is 1. The molecule has 108 valence electrons. The van der Waals surface area contributed by atoms with Crippen molar-refractivity contribution in [2.45, 2.75) is 27.0 Å². The van der Waals surface area contributed by atoms with Crippen molar-refractivity contribution in [2.24, 2.45) is 0 Å². The van der Waals surface area contributed by atoms with Gasteiger partial charge in [-0.05, 0) is 48.0 Å². The van der Waals surface area contributed by atoms with Crippen LogP contribution in [0.25, 0.3) is 0 Å². The van der Waals surface area contributed by atoms with Gasteiger partial charge < -0.3 is 9.47 Å². The Morgan fingerprint density at radius 2 is 2.15 bits per heavy atom. The van der Waals surface area contributed by atoms with Crippen LogP contribution in [-0.2, 0) is 13.2 Å². The zero-order chi connectivity index (χ0) is 14.7. The number of benzene rings is 1. The second kappa shape index (κ2) is 6.50. The lowest BCUT2D eigenvalue weighted by molar-refractivity contribution is 0.290. The maximum absolute atomic E-state index is 6.25. The predicted octanol–water partition coefficient (Wildman–Crippen LogP) is 4.21. The molecular weight excluding hydrogens is 344 g/mol. The predicted molar refractivity (Wildman–Crippen MR) is 82.7 cm³/mol. The number of aryl methyl sites for hydroxylation is 2. The smallest absolute Gasteiger partial charge is 0.134 e. The van der Waals surface area contributed by atoms with Gasteiger partial charge >= 0.3 is 0 Å². The highest BCUT2D eigenvalue weighted by Gasteiger charge is 2.13. The van der Waals surface area contributed by atoms with Crippen LogP contribution in [0.4, 0.5) is 0 Å². The first-order chi connectivity index (χ1) is 9.56. The number of nitrogens with zero attached hydrogens (tertiary/aromatic N) is 2. The summed E-state index contributed by atoms with van der Waals surface area (Å²) >= 11 is 9.71. The molecule has 0 radical (unpaired) electrons. The van der Waals surface area contributed by atoms with Crippen molar-refractivity contribution in [3.63, 3.8) is 0 Å². The van der Waals surface area contributed by atoms with Crippen LogP contribution in [0.2, 0.25) is 5.02 Å². The summed E-state index contributed by atoms with van der Waals surface area (Å²) in [7, 11) is 1.63. The van der Waals surface area contributed by atoms with E-state index in [-0.39, 0.29) is 0 Å². The minimum Gasteiger partial charge on any atom is -0.497 e. The topological polar surface area (TPSA) is 36.3 Å². The molecule has 4 nitrogen and oxygen atoms in total. The monoisotopic (exact) mass is 358 g/mol. The average molecular weight is 360 g/mol. The van der Waals surface area contributed by atoms with Crippen LogP contribution in [-0.4, -0.2) is 16.9 Å². The Morgan fingerprint density at radius 1 is 1.40 bits per heavy atom. The minimum absolute atomic E-state index is 0.373. The van der Waals surface area contributed by atoms with Crippen LogP contribution in [0.15, 0.2) is 22.7 Å². The van der Waals surface area contributed by atoms with Crippen molar-refractivity contribution in [1.29, 1.82) is 0 Å². The maximum Gasteiger partial charge on any atom is 0.134 e. The minimum atomic E-state index is 0.373. The molecule has 1 aromatic heterocycles. The van der Waals surface area contributed by atoms with Crippen molar-refractivity contribution >= 4 is 27.5 Å². The number of hydrogen-bond acceptors (Lipinski definition) is 3. The summed E-state index contributed by atoms with van der Waals surface area (Å²) in [6.45, 7) is 5.05. The van der Waals surface area contributed by atoms with Crippen LogP contribution < -0.4 is 9.47 Å². The van der Waals surface area contributed by atoms with Crippen molar-refractivity contribution < 1.29 is 9.47 Å². The van der Waals surface area contributed by atoms with Gasteiger partial charge in [0.2, 0.25) is 0 Å². The second-order valence-corrected chi connectivity index (χ2v) is 5.48. The Hall–Kier alpha value is -1.20. The molecule has 20 heavy (non-hydrogen) atoms. The fourth-order valence-electron chi connectivity index (χ4n) is 1.88.